The Hall–Kier alpha value is -1.65. The molecule has 1 aromatic carbocycles. The van der Waals surface area contributed by atoms with Gasteiger partial charge in [-0.05, 0) is 19.2 Å². The second kappa shape index (κ2) is 5.55. The van der Waals surface area contributed by atoms with E-state index in [4.69, 9.17) is 9.47 Å². The van der Waals surface area contributed by atoms with Crippen molar-refractivity contribution >= 4 is 10.9 Å². The number of aromatic nitrogens is 1. The summed E-state index contributed by atoms with van der Waals surface area (Å²) in [5, 5.41) is 1.10. The van der Waals surface area contributed by atoms with Crippen LogP contribution in [0.3, 0.4) is 0 Å². The second-order valence-electron chi connectivity index (χ2n) is 4.93. The fourth-order valence-electron chi connectivity index (χ4n) is 2.29. The van der Waals surface area contributed by atoms with Gasteiger partial charge in [-0.15, -0.1) is 0 Å². The van der Waals surface area contributed by atoms with E-state index in [0.29, 0.717) is 6.61 Å². The molecule has 1 unspecified atom stereocenters. The summed E-state index contributed by atoms with van der Waals surface area (Å²) in [4.78, 5) is 6.64. The van der Waals surface area contributed by atoms with Crippen molar-refractivity contribution in [2.24, 2.45) is 0 Å². The summed E-state index contributed by atoms with van der Waals surface area (Å²) < 4.78 is 11.5. The molecule has 1 fully saturated rings. The van der Waals surface area contributed by atoms with Gasteiger partial charge in [0.05, 0.1) is 18.3 Å². The number of hydrogen-bond acceptors (Lipinski definition) is 4. The molecule has 0 bridgehead atoms. The van der Waals surface area contributed by atoms with Crippen LogP contribution in [-0.4, -0.2) is 49.3 Å². The minimum absolute atomic E-state index is 0.144. The van der Waals surface area contributed by atoms with Crippen molar-refractivity contribution in [3.63, 3.8) is 0 Å². The molecule has 1 aliphatic heterocycles. The maximum atomic E-state index is 5.79. The molecule has 0 aliphatic carbocycles. The van der Waals surface area contributed by atoms with Crippen molar-refractivity contribution in [1.29, 1.82) is 0 Å². The topological polar surface area (TPSA) is 34.6 Å². The van der Waals surface area contributed by atoms with Crippen LogP contribution in [0.4, 0.5) is 0 Å². The highest BCUT2D eigenvalue weighted by Crippen LogP contribution is 2.18. The Kier molecular flexibility index (Phi) is 3.62. The molecule has 1 saturated heterocycles. The lowest BCUT2D eigenvalue weighted by Crippen LogP contribution is -2.42. The Morgan fingerprint density at radius 3 is 3.21 bits per heavy atom. The maximum absolute atomic E-state index is 5.79. The first kappa shape index (κ1) is 12.4. The standard InChI is InChI=1S/C15H18N2O2/c1-17-6-7-18-14(10-17)11-19-13-8-12-4-2-3-5-15(12)16-9-13/h2-5,8-9,14H,6-7,10-11H2,1H3. The Labute approximate surface area is 113 Å². The molecule has 4 nitrogen and oxygen atoms in total. The van der Waals surface area contributed by atoms with E-state index >= 15 is 0 Å². The average Bonchev–Trinajstić information content (AvgIpc) is 2.45. The number of para-hydroxylation sites is 1. The summed E-state index contributed by atoms with van der Waals surface area (Å²) in [5.41, 5.74) is 0.989. The molecular weight excluding hydrogens is 240 g/mol. The fourth-order valence-corrected chi connectivity index (χ4v) is 2.29. The van der Waals surface area contributed by atoms with E-state index in [9.17, 15) is 0 Å². The van der Waals surface area contributed by atoms with E-state index < -0.39 is 0 Å². The van der Waals surface area contributed by atoms with E-state index in [0.717, 1.165) is 36.3 Å². The van der Waals surface area contributed by atoms with Gasteiger partial charge in [0.15, 0.2) is 0 Å². The molecule has 0 N–H and O–H groups in total. The van der Waals surface area contributed by atoms with Crippen LogP contribution in [-0.2, 0) is 4.74 Å². The van der Waals surface area contributed by atoms with Gasteiger partial charge in [0, 0.05) is 18.5 Å². The molecule has 2 aromatic rings. The first-order valence-corrected chi connectivity index (χ1v) is 6.59. The normalized spacial score (nSPS) is 20.6. The van der Waals surface area contributed by atoms with Crippen LogP contribution in [0.15, 0.2) is 36.5 Å². The van der Waals surface area contributed by atoms with E-state index in [2.05, 4.69) is 16.9 Å². The van der Waals surface area contributed by atoms with E-state index in [1.807, 2.05) is 30.3 Å². The van der Waals surface area contributed by atoms with Gasteiger partial charge in [0.25, 0.3) is 0 Å². The van der Waals surface area contributed by atoms with Gasteiger partial charge in [-0.2, -0.15) is 0 Å². The third-order valence-electron chi connectivity index (χ3n) is 3.34. The van der Waals surface area contributed by atoms with Crippen LogP contribution in [0.25, 0.3) is 10.9 Å². The van der Waals surface area contributed by atoms with Gasteiger partial charge in [0.2, 0.25) is 0 Å². The Morgan fingerprint density at radius 2 is 2.32 bits per heavy atom. The van der Waals surface area contributed by atoms with Gasteiger partial charge in [-0.25, -0.2) is 0 Å². The van der Waals surface area contributed by atoms with Crippen molar-refractivity contribution in [2.75, 3.05) is 33.4 Å². The van der Waals surface area contributed by atoms with Gasteiger partial charge in [0.1, 0.15) is 18.5 Å². The molecule has 0 spiro atoms. The van der Waals surface area contributed by atoms with Crippen LogP contribution in [0.1, 0.15) is 0 Å². The molecular formula is C15H18N2O2. The molecule has 19 heavy (non-hydrogen) atoms. The number of fused-ring (bicyclic) bond motifs is 1. The van der Waals surface area contributed by atoms with Crippen LogP contribution in [0, 0.1) is 0 Å². The number of nitrogens with zero attached hydrogens (tertiary/aromatic N) is 2. The van der Waals surface area contributed by atoms with Crippen LogP contribution in [0.5, 0.6) is 5.75 Å². The van der Waals surface area contributed by atoms with Crippen molar-refractivity contribution < 1.29 is 9.47 Å². The Morgan fingerprint density at radius 1 is 1.42 bits per heavy atom. The highest BCUT2D eigenvalue weighted by atomic mass is 16.5. The lowest BCUT2D eigenvalue weighted by atomic mass is 10.2. The van der Waals surface area contributed by atoms with Crippen LogP contribution >= 0.6 is 0 Å². The minimum Gasteiger partial charge on any atom is -0.489 e. The zero-order valence-corrected chi connectivity index (χ0v) is 11.1. The zero-order chi connectivity index (χ0) is 13.1. The largest absolute Gasteiger partial charge is 0.489 e. The third kappa shape index (κ3) is 3.03. The van der Waals surface area contributed by atoms with E-state index in [-0.39, 0.29) is 6.10 Å². The summed E-state index contributed by atoms with van der Waals surface area (Å²) in [7, 11) is 2.10. The van der Waals surface area contributed by atoms with Gasteiger partial charge in [-0.3, -0.25) is 4.98 Å². The van der Waals surface area contributed by atoms with Crippen LogP contribution < -0.4 is 4.74 Å². The third-order valence-corrected chi connectivity index (χ3v) is 3.34. The lowest BCUT2D eigenvalue weighted by Gasteiger charge is -2.29. The smallest absolute Gasteiger partial charge is 0.138 e. The van der Waals surface area contributed by atoms with E-state index in [1.54, 1.807) is 6.20 Å². The molecule has 100 valence electrons. The fraction of sp³-hybridized carbons (Fsp3) is 0.400. The monoisotopic (exact) mass is 258 g/mol. The highest BCUT2D eigenvalue weighted by Gasteiger charge is 2.18. The number of ether oxygens (including phenoxy) is 2. The Balaban J connectivity index is 1.64. The van der Waals surface area contributed by atoms with Crippen molar-refractivity contribution in [3.05, 3.63) is 36.5 Å². The first-order valence-electron chi connectivity index (χ1n) is 6.59. The van der Waals surface area contributed by atoms with Crippen LogP contribution in [0.2, 0.25) is 0 Å². The minimum atomic E-state index is 0.144. The molecule has 1 aromatic heterocycles. The number of morpholine rings is 1. The van der Waals surface area contributed by atoms with Crippen molar-refractivity contribution in [3.8, 4) is 5.75 Å². The predicted octanol–water partition coefficient (Wildman–Crippen LogP) is 1.94. The molecule has 0 radical (unpaired) electrons. The van der Waals surface area contributed by atoms with E-state index in [1.165, 1.54) is 0 Å². The molecule has 2 heterocycles. The lowest BCUT2D eigenvalue weighted by molar-refractivity contribution is -0.0403. The van der Waals surface area contributed by atoms with Crippen molar-refractivity contribution in [2.45, 2.75) is 6.10 Å². The van der Waals surface area contributed by atoms with Gasteiger partial charge < -0.3 is 14.4 Å². The predicted molar refractivity (Wildman–Crippen MR) is 74.5 cm³/mol. The Bertz CT molecular complexity index is 559. The maximum Gasteiger partial charge on any atom is 0.138 e. The molecule has 4 heteroatoms. The molecule has 0 amide bonds. The number of benzene rings is 1. The van der Waals surface area contributed by atoms with Crippen molar-refractivity contribution in [1.82, 2.24) is 9.88 Å². The average molecular weight is 258 g/mol. The zero-order valence-electron chi connectivity index (χ0n) is 11.1. The number of pyridine rings is 1. The van der Waals surface area contributed by atoms with Gasteiger partial charge >= 0.3 is 0 Å². The SMILES string of the molecule is CN1CCOC(COc2cnc3ccccc3c2)C1. The summed E-state index contributed by atoms with van der Waals surface area (Å²) in [5.74, 6) is 0.801. The molecule has 0 saturated carbocycles. The summed E-state index contributed by atoms with van der Waals surface area (Å²) >= 11 is 0. The molecule has 1 atom stereocenters. The number of likely N-dealkylation sites (N-methyl/N-ethyl adjacent to an activating group) is 1. The summed E-state index contributed by atoms with van der Waals surface area (Å²) in [6, 6.07) is 10.1. The first-order chi connectivity index (χ1) is 9.31. The van der Waals surface area contributed by atoms with Gasteiger partial charge in [-0.1, -0.05) is 18.2 Å². The highest BCUT2D eigenvalue weighted by molar-refractivity contribution is 5.79. The number of rotatable bonds is 3. The molecule has 1 aliphatic rings. The number of hydrogen-bond donors (Lipinski definition) is 0. The quantitative estimate of drug-likeness (QED) is 0.842. The molecule has 3 rings (SSSR count). The summed E-state index contributed by atoms with van der Waals surface area (Å²) in [6.45, 7) is 3.26. The second-order valence-corrected chi connectivity index (χ2v) is 4.93. The summed E-state index contributed by atoms with van der Waals surface area (Å²) in [6.07, 6.45) is 1.92.